The molecule has 0 aliphatic rings. The van der Waals surface area contributed by atoms with E-state index in [1.807, 2.05) is 0 Å². The summed E-state index contributed by atoms with van der Waals surface area (Å²) in [7, 11) is -1.60. The lowest BCUT2D eigenvalue weighted by Crippen LogP contribution is -2.03. The molecule has 19 heavy (non-hydrogen) atoms. The molecule has 2 N–H and O–H groups in total. The Hall–Kier alpha value is -1.27. The SMILES string of the molecule is Nc1ccc(F)cc1S(=O)Cc1cc(Br)ccc1F. The van der Waals surface area contributed by atoms with Crippen LogP contribution in [0.3, 0.4) is 0 Å². The van der Waals surface area contributed by atoms with E-state index in [0.29, 0.717) is 4.47 Å². The molecule has 0 aliphatic carbocycles. The Labute approximate surface area is 120 Å². The summed E-state index contributed by atoms with van der Waals surface area (Å²) in [5.41, 5.74) is 6.17. The topological polar surface area (TPSA) is 43.1 Å². The van der Waals surface area contributed by atoms with Crippen LogP contribution in [0.5, 0.6) is 0 Å². The summed E-state index contributed by atoms with van der Waals surface area (Å²) in [6.07, 6.45) is 0. The van der Waals surface area contributed by atoms with Crippen molar-refractivity contribution in [3.63, 3.8) is 0 Å². The Morgan fingerprint density at radius 2 is 1.89 bits per heavy atom. The third-order valence-corrected chi connectivity index (χ3v) is 4.43. The molecule has 2 nitrogen and oxygen atoms in total. The first-order chi connectivity index (χ1) is 8.97. The van der Waals surface area contributed by atoms with Crippen LogP contribution in [0.25, 0.3) is 0 Å². The standard InChI is InChI=1S/C13H10BrF2NOS/c14-9-1-3-11(16)8(5-9)7-19(18)13-6-10(15)2-4-12(13)17/h1-6H,7,17H2. The molecule has 2 aromatic carbocycles. The van der Waals surface area contributed by atoms with Crippen LogP contribution < -0.4 is 5.73 Å². The van der Waals surface area contributed by atoms with Gasteiger partial charge in [-0.1, -0.05) is 15.9 Å². The average Bonchev–Trinajstić information content (AvgIpc) is 2.36. The molecule has 0 aliphatic heterocycles. The van der Waals surface area contributed by atoms with Gasteiger partial charge in [-0.2, -0.15) is 0 Å². The molecule has 1 unspecified atom stereocenters. The highest BCUT2D eigenvalue weighted by Gasteiger charge is 2.13. The molecule has 100 valence electrons. The summed E-state index contributed by atoms with van der Waals surface area (Å²) in [6, 6.07) is 8.03. The number of benzene rings is 2. The number of anilines is 1. The third kappa shape index (κ3) is 3.39. The van der Waals surface area contributed by atoms with Crippen LogP contribution in [0.15, 0.2) is 45.8 Å². The minimum Gasteiger partial charge on any atom is -0.398 e. The molecular formula is C13H10BrF2NOS. The van der Waals surface area contributed by atoms with Crippen molar-refractivity contribution in [3.05, 3.63) is 58.1 Å². The predicted octanol–water partition coefficient (Wildman–Crippen LogP) is 3.62. The Kier molecular flexibility index (Phi) is 4.31. The maximum Gasteiger partial charge on any atom is 0.127 e. The molecule has 0 bridgehead atoms. The van der Waals surface area contributed by atoms with Gasteiger partial charge in [0.05, 0.1) is 21.4 Å². The summed E-state index contributed by atoms with van der Waals surface area (Å²) >= 11 is 3.22. The fraction of sp³-hybridized carbons (Fsp3) is 0.0769. The molecule has 0 radical (unpaired) electrons. The predicted molar refractivity (Wildman–Crippen MR) is 75.0 cm³/mol. The summed E-state index contributed by atoms with van der Waals surface area (Å²) in [5.74, 6) is -1.03. The van der Waals surface area contributed by atoms with Gasteiger partial charge in [-0.25, -0.2) is 8.78 Å². The number of halogens is 3. The largest absolute Gasteiger partial charge is 0.398 e. The fourth-order valence-electron chi connectivity index (χ4n) is 1.58. The van der Waals surface area contributed by atoms with Crippen LogP contribution in [0.2, 0.25) is 0 Å². The lowest BCUT2D eigenvalue weighted by molar-refractivity contribution is 0.614. The summed E-state index contributed by atoms with van der Waals surface area (Å²) < 4.78 is 39.5. The second kappa shape index (κ2) is 5.79. The molecule has 0 aromatic heterocycles. The average molecular weight is 346 g/mol. The van der Waals surface area contributed by atoms with Gasteiger partial charge in [-0.05, 0) is 36.4 Å². The first-order valence-corrected chi connectivity index (χ1v) is 7.46. The van der Waals surface area contributed by atoms with Crippen LogP contribution in [0, 0.1) is 11.6 Å². The van der Waals surface area contributed by atoms with Crippen molar-refractivity contribution in [1.29, 1.82) is 0 Å². The molecule has 0 fully saturated rings. The van der Waals surface area contributed by atoms with Crippen molar-refractivity contribution in [1.82, 2.24) is 0 Å². The van der Waals surface area contributed by atoms with Crippen LogP contribution in [-0.2, 0) is 16.6 Å². The fourth-order valence-corrected chi connectivity index (χ4v) is 3.22. The Morgan fingerprint density at radius 1 is 1.16 bits per heavy atom. The molecule has 0 heterocycles. The van der Waals surface area contributed by atoms with E-state index in [2.05, 4.69) is 15.9 Å². The van der Waals surface area contributed by atoms with Gasteiger partial charge in [-0.3, -0.25) is 4.21 Å². The Balaban J connectivity index is 2.30. The zero-order chi connectivity index (χ0) is 14.0. The molecule has 6 heteroatoms. The minimum atomic E-state index is -1.60. The van der Waals surface area contributed by atoms with Crippen LogP contribution in [0.4, 0.5) is 14.5 Å². The van der Waals surface area contributed by atoms with Gasteiger partial charge < -0.3 is 5.73 Å². The maximum absolute atomic E-state index is 13.6. The number of hydrogen-bond acceptors (Lipinski definition) is 2. The summed E-state index contributed by atoms with van der Waals surface area (Å²) in [6.45, 7) is 0. The van der Waals surface area contributed by atoms with Crippen molar-refractivity contribution in [2.45, 2.75) is 10.6 Å². The molecule has 0 saturated carbocycles. The quantitative estimate of drug-likeness (QED) is 0.863. The summed E-state index contributed by atoms with van der Waals surface area (Å²) in [4.78, 5) is 0.180. The minimum absolute atomic E-state index is 0.0566. The number of nitrogen functional groups attached to an aromatic ring is 1. The second-order valence-corrected chi connectivity index (χ2v) is 6.24. The molecule has 0 spiro atoms. The smallest absolute Gasteiger partial charge is 0.127 e. The highest BCUT2D eigenvalue weighted by molar-refractivity contribution is 9.10. The van der Waals surface area contributed by atoms with Crippen LogP contribution in [0.1, 0.15) is 5.56 Å². The van der Waals surface area contributed by atoms with E-state index < -0.39 is 22.4 Å². The molecule has 1 atom stereocenters. The van der Waals surface area contributed by atoms with Gasteiger partial charge >= 0.3 is 0 Å². The normalized spacial score (nSPS) is 12.4. The van der Waals surface area contributed by atoms with Crippen LogP contribution >= 0.6 is 15.9 Å². The van der Waals surface area contributed by atoms with Gasteiger partial charge in [0.25, 0.3) is 0 Å². The first-order valence-electron chi connectivity index (χ1n) is 5.34. The van der Waals surface area contributed by atoms with E-state index in [0.717, 1.165) is 6.07 Å². The first kappa shape index (κ1) is 14.1. The van der Waals surface area contributed by atoms with E-state index in [9.17, 15) is 13.0 Å². The van der Waals surface area contributed by atoms with Crippen molar-refractivity contribution >= 4 is 32.4 Å². The molecule has 0 saturated heterocycles. The van der Waals surface area contributed by atoms with E-state index in [1.165, 1.54) is 18.2 Å². The number of nitrogens with two attached hydrogens (primary N) is 1. The van der Waals surface area contributed by atoms with E-state index >= 15 is 0 Å². The maximum atomic E-state index is 13.6. The Morgan fingerprint density at radius 3 is 2.63 bits per heavy atom. The van der Waals surface area contributed by atoms with Crippen molar-refractivity contribution < 1.29 is 13.0 Å². The number of hydrogen-bond donors (Lipinski definition) is 1. The molecule has 0 amide bonds. The Bertz CT molecular complexity index is 649. The van der Waals surface area contributed by atoms with E-state index in [-0.39, 0.29) is 21.9 Å². The zero-order valence-electron chi connectivity index (χ0n) is 9.70. The zero-order valence-corrected chi connectivity index (χ0v) is 12.1. The second-order valence-electron chi connectivity index (χ2n) is 3.91. The molecule has 2 aromatic rings. The van der Waals surface area contributed by atoms with Gasteiger partial charge in [-0.15, -0.1) is 0 Å². The van der Waals surface area contributed by atoms with Crippen molar-refractivity contribution in [2.24, 2.45) is 0 Å². The monoisotopic (exact) mass is 345 g/mol. The highest BCUT2D eigenvalue weighted by atomic mass is 79.9. The highest BCUT2D eigenvalue weighted by Crippen LogP contribution is 2.23. The van der Waals surface area contributed by atoms with Gasteiger partial charge in [0.1, 0.15) is 11.6 Å². The lowest BCUT2D eigenvalue weighted by Gasteiger charge is -2.07. The van der Waals surface area contributed by atoms with Crippen molar-refractivity contribution in [2.75, 3.05) is 5.73 Å². The van der Waals surface area contributed by atoms with E-state index in [4.69, 9.17) is 5.73 Å². The van der Waals surface area contributed by atoms with Crippen molar-refractivity contribution in [3.8, 4) is 0 Å². The third-order valence-electron chi connectivity index (χ3n) is 2.52. The summed E-state index contributed by atoms with van der Waals surface area (Å²) in [5, 5.41) is 0. The number of rotatable bonds is 3. The van der Waals surface area contributed by atoms with Gasteiger partial charge in [0.2, 0.25) is 0 Å². The van der Waals surface area contributed by atoms with Gasteiger partial charge in [0, 0.05) is 15.7 Å². The van der Waals surface area contributed by atoms with E-state index in [1.54, 1.807) is 12.1 Å². The van der Waals surface area contributed by atoms with Gasteiger partial charge in [0.15, 0.2) is 0 Å². The molecular weight excluding hydrogens is 336 g/mol. The molecule has 2 rings (SSSR count). The van der Waals surface area contributed by atoms with Crippen LogP contribution in [-0.4, -0.2) is 4.21 Å². The lowest BCUT2D eigenvalue weighted by atomic mass is 10.2.